The summed E-state index contributed by atoms with van der Waals surface area (Å²) in [6.07, 6.45) is 0.285. The number of carbonyl (C=O) groups excluding carboxylic acids is 1. The Balaban J connectivity index is 1.56. The smallest absolute Gasteiger partial charge is 0.251 e. The van der Waals surface area contributed by atoms with Crippen LogP contribution in [0.15, 0.2) is 88.8 Å². The van der Waals surface area contributed by atoms with E-state index in [-0.39, 0.29) is 29.6 Å². The number of aliphatic hydroxyl groups is 1. The molecule has 0 aliphatic carbocycles. The number of rotatable bonds is 15. The Hall–Kier alpha value is -3.89. The van der Waals surface area contributed by atoms with Gasteiger partial charge in [-0.25, -0.2) is 13.4 Å². The van der Waals surface area contributed by atoms with E-state index in [2.05, 4.69) is 5.32 Å². The second-order valence-corrected chi connectivity index (χ2v) is 12.1. The van der Waals surface area contributed by atoms with Crippen LogP contribution in [0.1, 0.15) is 37.8 Å². The normalized spacial score (nSPS) is 18.2. The third-order valence-electron chi connectivity index (χ3n) is 7.13. The molecule has 0 aromatic heterocycles. The highest BCUT2D eigenvalue weighted by atomic mass is 32.2. The van der Waals surface area contributed by atoms with Gasteiger partial charge in [0.25, 0.3) is 5.91 Å². The van der Waals surface area contributed by atoms with Gasteiger partial charge in [-0.1, -0.05) is 36.4 Å². The first-order chi connectivity index (χ1) is 20.3. The summed E-state index contributed by atoms with van der Waals surface area (Å²) in [6, 6.07) is 22.9. The van der Waals surface area contributed by atoms with Crippen molar-refractivity contribution in [1.29, 1.82) is 0 Å². The number of hydrogen-bond donors (Lipinski definition) is 2. The van der Waals surface area contributed by atoms with Crippen LogP contribution in [-0.4, -0.2) is 69.1 Å². The average Bonchev–Trinajstić information content (AvgIpc) is 3.35. The monoisotopic (exact) mass is 594 g/mol. The lowest BCUT2D eigenvalue weighted by molar-refractivity contribution is -0.128. The lowest BCUT2D eigenvalue weighted by atomic mass is 9.90. The van der Waals surface area contributed by atoms with E-state index in [0.717, 1.165) is 11.3 Å². The molecule has 0 bridgehead atoms. The van der Waals surface area contributed by atoms with Gasteiger partial charge in [-0.15, -0.1) is 0 Å². The number of nitrogens with zero attached hydrogens (tertiary/aromatic N) is 1. The van der Waals surface area contributed by atoms with Crippen LogP contribution < -0.4 is 14.8 Å². The average molecular weight is 595 g/mol. The van der Waals surface area contributed by atoms with Gasteiger partial charge in [0.15, 0.2) is 15.4 Å². The number of hydrogen-bond acceptors (Lipinski definition) is 8. The lowest BCUT2D eigenvalue weighted by Crippen LogP contribution is -2.52. The van der Waals surface area contributed by atoms with Gasteiger partial charge in [-0.3, -0.25) is 4.79 Å². The van der Waals surface area contributed by atoms with Crippen molar-refractivity contribution in [2.75, 3.05) is 32.1 Å². The Morgan fingerprint density at radius 2 is 1.74 bits per heavy atom. The maximum atomic E-state index is 13.8. The second-order valence-electron chi connectivity index (χ2n) is 9.98. The molecule has 3 aromatic carbocycles. The minimum absolute atomic E-state index is 0.0454. The molecule has 1 heterocycles. The van der Waals surface area contributed by atoms with Crippen LogP contribution in [0.5, 0.6) is 11.5 Å². The fraction of sp³-hybridized carbons (Fsp3) is 0.375. The van der Waals surface area contributed by atoms with E-state index in [9.17, 15) is 13.2 Å². The summed E-state index contributed by atoms with van der Waals surface area (Å²) < 4.78 is 43.8. The van der Waals surface area contributed by atoms with Crippen molar-refractivity contribution in [2.24, 2.45) is 4.99 Å². The van der Waals surface area contributed by atoms with E-state index >= 15 is 0 Å². The topological polar surface area (TPSA) is 124 Å². The Kier molecular flexibility index (Phi) is 10.6. The molecule has 0 saturated heterocycles. The largest absolute Gasteiger partial charge is 0.494 e. The van der Waals surface area contributed by atoms with Crippen LogP contribution in [0.3, 0.4) is 0 Å². The molecule has 4 rings (SSSR count). The molecule has 1 amide bonds. The number of sulfone groups is 1. The van der Waals surface area contributed by atoms with Crippen molar-refractivity contribution in [3.05, 3.63) is 90.0 Å². The van der Waals surface area contributed by atoms with Gasteiger partial charge in [-0.2, -0.15) is 0 Å². The van der Waals surface area contributed by atoms with E-state index in [1.54, 1.807) is 61.5 Å². The van der Waals surface area contributed by atoms with Gasteiger partial charge >= 0.3 is 0 Å². The molecule has 2 atom stereocenters. The zero-order valence-electron chi connectivity index (χ0n) is 24.0. The van der Waals surface area contributed by atoms with Crippen molar-refractivity contribution < 1.29 is 32.5 Å². The molecular formula is C32H38N2O7S. The van der Waals surface area contributed by atoms with Crippen molar-refractivity contribution in [3.8, 4) is 11.5 Å². The maximum Gasteiger partial charge on any atom is 0.251 e. The number of aliphatic imine (C=N–C) groups is 1. The first-order valence-corrected chi connectivity index (χ1v) is 15.8. The number of para-hydroxylation sites is 1. The van der Waals surface area contributed by atoms with Gasteiger partial charge in [-0.05, 0) is 74.7 Å². The summed E-state index contributed by atoms with van der Waals surface area (Å²) in [4.78, 5) is 18.8. The Morgan fingerprint density at radius 1 is 1.02 bits per heavy atom. The molecule has 0 fully saturated rings. The van der Waals surface area contributed by atoms with E-state index in [4.69, 9.17) is 24.3 Å². The van der Waals surface area contributed by atoms with Crippen molar-refractivity contribution in [1.82, 2.24) is 5.32 Å². The maximum absolute atomic E-state index is 13.8. The van der Waals surface area contributed by atoms with Gasteiger partial charge in [0.1, 0.15) is 17.6 Å². The molecule has 0 spiro atoms. The molecular weight excluding hydrogens is 556 g/mol. The molecule has 0 radical (unpaired) electrons. The summed E-state index contributed by atoms with van der Waals surface area (Å²) in [5.41, 5.74) is 0.150. The molecule has 42 heavy (non-hydrogen) atoms. The van der Waals surface area contributed by atoms with Crippen LogP contribution in [0.2, 0.25) is 0 Å². The minimum Gasteiger partial charge on any atom is -0.494 e. The molecule has 224 valence electrons. The number of aliphatic hydroxyl groups excluding tert-OH is 1. The Labute approximate surface area is 247 Å². The zero-order valence-corrected chi connectivity index (χ0v) is 24.8. The highest BCUT2D eigenvalue weighted by molar-refractivity contribution is 7.91. The van der Waals surface area contributed by atoms with E-state index in [1.165, 1.54) is 0 Å². The van der Waals surface area contributed by atoms with E-state index in [1.807, 2.05) is 31.2 Å². The summed E-state index contributed by atoms with van der Waals surface area (Å²) in [7, 11) is -3.67. The predicted molar refractivity (Wildman–Crippen MR) is 161 cm³/mol. The fourth-order valence-electron chi connectivity index (χ4n) is 4.76. The third kappa shape index (κ3) is 7.49. The van der Waals surface area contributed by atoms with E-state index in [0.29, 0.717) is 43.9 Å². The molecule has 1 aliphatic rings. The summed E-state index contributed by atoms with van der Waals surface area (Å²) in [6.45, 7) is 4.93. The Bertz CT molecular complexity index is 1460. The van der Waals surface area contributed by atoms with Gasteiger partial charge in [0.05, 0.1) is 23.9 Å². The first kappa shape index (κ1) is 31.1. The molecule has 0 unspecified atom stereocenters. The van der Waals surface area contributed by atoms with Gasteiger partial charge in [0, 0.05) is 25.1 Å². The van der Waals surface area contributed by atoms with Crippen LogP contribution >= 0.6 is 0 Å². The lowest BCUT2D eigenvalue weighted by Gasteiger charge is -2.28. The van der Waals surface area contributed by atoms with Crippen LogP contribution in [0, 0.1) is 0 Å². The highest BCUT2D eigenvalue weighted by Gasteiger charge is 2.50. The third-order valence-corrected chi connectivity index (χ3v) is 8.87. The minimum atomic E-state index is -3.67. The zero-order chi connectivity index (χ0) is 30.0. The summed E-state index contributed by atoms with van der Waals surface area (Å²) in [5.74, 6) is 0.980. The van der Waals surface area contributed by atoms with Crippen molar-refractivity contribution >= 4 is 21.6 Å². The van der Waals surface area contributed by atoms with Crippen molar-refractivity contribution in [3.63, 3.8) is 0 Å². The van der Waals surface area contributed by atoms with Crippen LogP contribution in [0.4, 0.5) is 0 Å². The quantitative estimate of drug-likeness (QED) is 0.255. The van der Waals surface area contributed by atoms with E-state index < -0.39 is 27.4 Å². The van der Waals surface area contributed by atoms with Crippen LogP contribution in [-0.2, 0) is 25.8 Å². The molecule has 3 aromatic rings. The first-order valence-electron chi connectivity index (χ1n) is 14.2. The second kappa shape index (κ2) is 14.3. The summed E-state index contributed by atoms with van der Waals surface area (Å²) >= 11 is 0. The number of benzene rings is 3. The molecule has 9 nitrogen and oxygen atoms in total. The van der Waals surface area contributed by atoms with Gasteiger partial charge in [0.2, 0.25) is 5.90 Å². The number of ether oxygens (including phenoxy) is 3. The summed E-state index contributed by atoms with van der Waals surface area (Å²) in [5, 5.41) is 11.9. The van der Waals surface area contributed by atoms with Gasteiger partial charge < -0.3 is 24.6 Å². The molecule has 2 N–H and O–H groups in total. The molecule has 10 heteroatoms. The standard InChI is InChI=1S/C32H38N2O7S/c1-3-39-29-13-8-7-10-25(29)18-20-33-31(36)32(19-23-42(37,38)28-11-5-4-6-12-28)24(2)41-30(34-32)26-14-16-27(17-15-26)40-22-9-21-35/h4-8,10-17,24,35H,3,9,18-23H2,1-2H3,(H,33,36)/t24-,32-/m1/s1. The fourth-order valence-corrected chi connectivity index (χ4v) is 6.15. The molecule has 1 aliphatic heterocycles. The number of nitrogens with one attached hydrogen (secondary N) is 1. The number of carbonyl (C=O) groups is 1. The SMILES string of the molecule is CCOc1ccccc1CCNC(=O)[C@]1(CCS(=O)(=O)c2ccccc2)N=C(c2ccc(OCCCO)cc2)O[C@@H]1C. The predicted octanol–water partition coefficient (Wildman–Crippen LogP) is 3.97. The van der Waals surface area contributed by atoms with Crippen LogP contribution in [0.25, 0.3) is 0 Å². The van der Waals surface area contributed by atoms with Crippen molar-refractivity contribution in [2.45, 2.75) is 49.6 Å². The molecule has 0 saturated carbocycles. The Morgan fingerprint density at radius 3 is 2.45 bits per heavy atom. The highest BCUT2D eigenvalue weighted by Crippen LogP contribution is 2.34. The number of amides is 1.